The second kappa shape index (κ2) is 8.24. The van der Waals surface area contributed by atoms with Crippen LogP contribution in [0.25, 0.3) is 0 Å². The standard InChI is InChI=1S/C15H21FN2O3/c1-11(14(19)20)5-4-8-17-15(21)18(2)10-12-6-3-7-13(16)9-12/h3,6-7,9,11H,4-5,8,10H2,1-2H3,(H,17,21)(H,19,20). The van der Waals surface area contributed by atoms with E-state index >= 15 is 0 Å². The van der Waals surface area contributed by atoms with Crippen molar-refractivity contribution < 1.29 is 19.1 Å². The molecular weight excluding hydrogens is 275 g/mol. The van der Waals surface area contributed by atoms with Gasteiger partial charge in [-0.15, -0.1) is 0 Å². The van der Waals surface area contributed by atoms with Crippen molar-refractivity contribution in [2.24, 2.45) is 5.92 Å². The summed E-state index contributed by atoms with van der Waals surface area (Å²) in [6, 6.07) is 5.83. The zero-order valence-electron chi connectivity index (χ0n) is 12.3. The molecule has 0 aliphatic heterocycles. The summed E-state index contributed by atoms with van der Waals surface area (Å²) in [7, 11) is 1.63. The quantitative estimate of drug-likeness (QED) is 0.759. The van der Waals surface area contributed by atoms with Crippen LogP contribution >= 0.6 is 0 Å². The molecular formula is C15H21FN2O3. The highest BCUT2D eigenvalue weighted by molar-refractivity contribution is 5.73. The summed E-state index contributed by atoms with van der Waals surface area (Å²) in [6.07, 6.45) is 1.12. The van der Waals surface area contributed by atoms with Gasteiger partial charge in [0.2, 0.25) is 0 Å². The Kier molecular flexibility index (Phi) is 6.65. The Bertz CT molecular complexity index is 494. The fourth-order valence-electron chi connectivity index (χ4n) is 1.84. The van der Waals surface area contributed by atoms with E-state index in [0.29, 0.717) is 31.5 Å². The van der Waals surface area contributed by atoms with Crippen LogP contribution in [0.4, 0.5) is 9.18 Å². The minimum atomic E-state index is -0.829. The van der Waals surface area contributed by atoms with Crippen LogP contribution in [0.2, 0.25) is 0 Å². The average molecular weight is 296 g/mol. The van der Waals surface area contributed by atoms with Crippen LogP contribution in [-0.4, -0.2) is 35.6 Å². The minimum Gasteiger partial charge on any atom is -0.481 e. The number of rotatable bonds is 7. The van der Waals surface area contributed by atoms with Crippen molar-refractivity contribution in [2.45, 2.75) is 26.3 Å². The average Bonchev–Trinajstić information content (AvgIpc) is 2.42. The predicted octanol–water partition coefficient (Wildman–Crippen LogP) is 2.47. The molecule has 2 N–H and O–H groups in total. The lowest BCUT2D eigenvalue weighted by molar-refractivity contribution is -0.141. The molecule has 0 heterocycles. The minimum absolute atomic E-state index is 0.262. The zero-order chi connectivity index (χ0) is 15.8. The van der Waals surface area contributed by atoms with Gasteiger partial charge in [-0.1, -0.05) is 19.1 Å². The number of halogens is 1. The van der Waals surface area contributed by atoms with Gasteiger partial charge < -0.3 is 15.3 Å². The highest BCUT2D eigenvalue weighted by atomic mass is 19.1. The van der Waals surface area contributed by atoms with Crippen molar-refractivity contribution in [1.29, 1.82) is 0 Å². The molecule has 1 atom stereocenters. The maximum absolute atomic E-state index is 13.0. The normalized spacial score (nSPS) is 11.8. The molecule has 1 aromatic rings. The van der Waals surface area contributed by atoms with Crippen LogP contribution < -0.4 is 5.32 Å². The fourth-order valence-corrected chi connectivity index (χ4v) is 1.84. The van der Waals surface area contributed by atoms with Gasteiger partial charge in [-0.25, -0.2) is 9.18 Å². The lowest BCUT2D eigenvalue weighted by Crippen LogP contribution is -2.37. The van der Waals surface area contributed by atoms with Gasteiger partial charge >= 0.3 is 12.0 Å². The SMILES string of the molecule is CC(CCCNC(=O)N(C)Cc1cccc(F)c1)C(=O)O. The topological polar surface area (TPSA) is 69.6 Å². The first-order valence-corrected chi connectivity index (χ1v) is 6.86. The summed E-state index contributed by atoms with van der Waals surface area (Å²) in [5, 5.41) is 11.5. The number of aliphatic carboxylic acids is 1. The summed E-state index contributed by atoms with van der Waals surface area (Å²) in [5.74, 6) is -1.57. The third kappa shape index (κ3) is 6.25. The van der Waals surface area contributed by atoms with Crippen LogP contribution in [0.1, 0.15) is 25.3 Å². The van der Waals surface area contributed by atoms with Crippen molar-refractivity contribution in [2.75, 3.05) is 13.6 Å². The van der Waals surface area contributed by atoms with E-state index in [9.17, 15) is 14.0 Å². The van der Waals surface area contributed by atoms with E-state index in [-0.39, 0.29) is 11.8 Å². The molecule has 5 nitrogen and oxygen atoms in total. The predicted molar refractivity (Wildman–Crippen MR) is 77.3 cm³/mol. The lowest BCUT2D eigenvalue weighted by atomic mass is 10.1. The molecule has 116 valence electrons. The first-order chi connectivity index (χ1) is 9.90. The van der Waals surface area contributed by atoms with Gasteiger partial charge in [0.25, 0.3) is 0 Å². The Labute approximate surface area is 123 Å². The molecule has 0 fully saturated rings. The van der Waals surface area contributed by atoms with Gasteiger partial charge in [0, 0.05) is 20.1 Å². The maximum atomic E-state index is 13.0. The largest absolute Gasteiger partial charge is 0.481 e. The Hall–Kier alpha value is -2.11. The van der Waals surface area contributed by atoms with Crippen LogP contribution in [0, 0.1) is 11.7 Å². The van der Waals surface area contributed by atoms with E-state index < -0.39 is 11.9 Å². The Morgan fingerprint density at radius 3 is 2.76 bits per heavy atom. The molecule has 0 aliphatic rings. The molecule has 0 spiro atoms. The van der Waals surface area contributed by atoms with Crippen molar-refractivity contribution >= 4 is 12.0 Å². The Morgan fingerprint density at radius 1 is 1.43 bits per heavy atom. The van der Waals surface area contributed by atoms with Gasteiger partial charge in [-0.05, 0) is 30.5 Å². The van der Waals surface area contributed by atoms with Gasteiger partial charge in [-0.3, -0.25) is 4.79 Å². The number of benzene rings is 1. The number of urea groups is 1. The number of carboxylic acid groups (broad SMARTS) is 1. The van der Waals surface area contributed by atoms with Crippen molar-refractivity contribution in [3.63, 3.8) is 0 Å². The molecule has 21 heavy (non-hydrogen) atoms. The molecule has 0 saturated heterocycles. The summed E-state index contributed by atoms with van der Waals surface area (Å²) in [6.45, 7) is 2.37. The number of carboxylic acids is 1. The molecule has 0 saturated carbocycles. The van der Waals surface area contributed by atoms with E-state index in [1.807, 2.05) is 0 Å². The van der Waals surface area contributed by atoms with Crippen LogP contribution in [0.3, 0.4) is 0 Å². The van der Waals surface area contributed by atoms with Crippen LogP contribution in [-0.2, 0) is 11.3 Å². The number of hydrogen-bond donors (Lipinski definition) is 2. The second-order valence-electron chi connectivity index (χ2n) is 5.10. The molecule has 1 unspecified atom stereocenters. The molecule has 1 aromatic carbocycles. The highest BCUT2D eigenvalue weighted by Crippen LogP contribution is 2.07. The summed E-state index contributed by atoms with van der Waals surface area (Å²) in [4.78, 5) is 23.9. The third-order valence-electron chi connectivity index (χ3n) is 3.17. The molecule has 1 rings (SSSR count). The Balaban J connectivity index is 2.30. The van der Waals surface area contributed by atoms with Gasteiger partial charge in [0.05, 0.1) is 5.92 Å². The van der Waals surface area contributed by atoms with Crippen molar-refractivity contribution in [3.05, 3.63) is 35.6 Å². The molecule has 0 radical (unpaired) electrons. The molecule has 0 aromatic heterocycles. The first-order valence-electron chi connectivity index (χ1n) is 6.86. The third-order valence-corrected chi connectivity index (χ3v) is 3.17. The second-order valence-corrected chi connectivity index (χ2v) is 5.10. The molecule has 0 bridgehead atoms. The number of carbonyl (C=O) groups is 2. The van der Waals surface area contributed by atoms with E-state index in [0.717, 1.165) is 0 Å². The van der Waals surface area contributed by atoms with Crippen molar-refractivity contribution in [1.82, 2.24) is 10.2 Å². The Morgan fingerprint density at radius 2 is 2.14 bits per heavy atom. The first kappa shape index (κ1) is 16.9. The van der Waals surface area contributed by atoms with E-state index in [2.05, 4.69) is 5.32 Å². The maximum Gasteiger partial charge on any atom is 0.317 e. The molecule has 6 heteroatoms. The number of amides is 2. The molecule has 2 amide bonds. The summed E-state index contributed by atoms with van der Waals surface area (Å²) < 4.78 is 13.0. The summed E-state index contributed by atoms with van der Waals surface area (Å²) in [5.41, 5.74) is 0.715. The number of nitrogens with one attached hydrogen (secondary N) is 1. The fraction of sp³-hybridized carbons (Fsp3) is 0.467. The summed E-state index contributed by atoms with van der Waals surface area (Å²) >= 11 is 0. The highest BCUT2D eigenvalue weighted by Gasteiger charge is 2.11. The number of nitrogens with zero attached hydrogens (tertiary/aromatic N) is 1. The van der Waals surface area contributed by atoms with Crippen LogP contribution in [0.15, 0.2) is 24.3 Å². The van der Waals surface area contributed by atoms with Crippen LogP contribution in [0.5, 0.6) is 0 Å². The van der Waals surface area contributed by atoms with Gasteiger partial charge in [0.15, 0.2) is 0 Å². The monoisotopic (exact) mass is 296 g/mol. The van der Waals surface area contributed by atoms with E-state index in [1.165, 1.54) is 17.0 Å². The van der Waals surface area contributed by atoms with E-state index in [1.54, 1.807) is 26.1 Å². The van der Waals surface area contributed by atoms with Crippen molar-refractivity contribution in [3.8, 4) is 0 Å². The smallest absolute Gasteiger partial charge is 0.317 e. The number of carbonyl (C=O) groups excluding carboxylic acids is 1. The lowest BCUT2D eigenvalue weighted by Gasteiger charge is -2.18. The van der Waals surface area contributed by atoms with Gasteiger partial charge in [-0.2, -0.15) is 0 Å². The molecule has 0 aliphatic carbocycles. The van der Waals surface area contributed by atoms with E-state index in [4.69, 9.17) is 5.11 Å². The number of hydrogen-bond acceptors (Lipinski definition) is 2. The van der Waals surface area contributed by atoms with Gasteiger partial charge in [0.1, 0.15) is 5.82 Å². The zero-order valence-corrected chi connectivity index (χ0v) is 12.3.